The highest BCUT2D eigenvalue weighted by molar-refractivity contribution is 9.11. The van der Waals surface area contributed by atoms with E-state index in [1.807, 2.05) is 24.3 Å². The summed E-state index contributed by atoms with van der Waals surface area (Å²) in [5, 5.41) is 9.92. The van der Waals surface area contributed by atoms with Crippen LogP contribution in [0.5, 0.6) is 0 Å². The van der Waals surface area contributed by atoms with Crippen molar-refractivity contribution in [1.29, 1.82) is 0 Å². The first-order valence-electron chi connectivity index (χ1n) is 7.44. The number of carboxylic acids is 1. The molecule has 0 aliphatic rings. The van der Waals surface area contributed by atoms with Crippen molar-refractivity contribution in [2.24, 2.45) is 0 Å². The highest BCUT2D eigenvalue weighted by Gasteiger charge is 2.27. The molecular formula is C18H11BBr2O3S2. The lowest BCUT2D eigenvalue weighted by molar-refractivity contribution is 0.0696. The van der Waals surface area contributed by atoms with Gasteiger partial charge in [0, 0.05) is 26.4 Å². The van der Waals surface area contributed by atoms with E-state index in [4.69, 9.17) is 7.85 Å². The number of hydrogen-bond acceptors (Lipinski definition) is 4. The first-order valence-corrected chi connectivity index (χ1v) is 10.7. The van der Waals surface area contributed by atoms with Gasteiger partial charge >= 0.3 is 5.97 Å². The van der Waals surface area contributed by atoms with Crippen molar-refractivity contribution in [2.45, 2.75) is 13.8 Å². The van der Waals surface area contributed by atoms with E-state index in [2.05, 4.69) is 31.9 Å². The molecule has 0 amide bonds. The van der Waals surface area contributed by atoms with Gasteiger partial charge in [-0.1, -0.05) is 0 Å². The fourth-order valence-electron chi connectivity index (χ4n) is 3.09. The molecule has 0 saturated carbocycles. The number of halogens is 2. The molecule has 3 rings (SSSR count). The highest BCUT2D eigenvalue weighted by Crippen LogP contribution is 2.44. The molecule has 2 radical (unpaired) electrons. The van der Waals surface area contributed by atoms with Gasteiger partial charge in [-0.15, -0.1) is 22.7 Å². The summed E-state index contributed by atoms with van der Waals surface area (Å²) in [6, 6.07) is 7.42. The van der Waals surface area contributed by atoms with Gasteiger partial charge in [-0.2, -0.15) is 0 Å². The quantitative estimate of drug-likeness (QED) is 0.420. The summed E-state index contributed by atoms with van der Waals surface area (Å²) in [6.07, 6.45) is 0. The van der Waals surface area contributed by atoms with E-state index in [0.29, 0.717) is 27.8 Å². The average molecular weight is 510 g/mol. The van der Waals surface area contributed by atoms with Gasteiger partial charge in [0.2, 0.25) is 0 Å². The summed E-state index contributed by atoms with van der Waals surface area (Å²) in [5.74, 6) is -1.03. The maximum atomic E-state index is 12.3. The maximum absolute atomic E-state index is 12.3. The predicted octanol–water partition coefficient (Wildman–Crippen LogP) is 6.29. The van der Waals surface area contributed by atoms with Crippen molar-refractivity contribution in [2.75, 3.05) is 0 Å². The lowest BCUT2D eigenvalue weighted by atomic mass is 9.80. The Labute approximate surface area is 176 Å². The Balaban J connectivity index is 2.49. The minimum absolute atomic E-state index is 0.196. The Hall–Kier alpha value is -1.22. The third kappa shape index (κ3) is 3.35. The minimum atomic E-state index is -1.03. The molecule has 0 bridgehead atoms. The van der Waals surface area contributed by atoms with Gasteiger partial charge in [0.25, 0.3) is 0 Å². The monoisotopic (exact) mass is 508 g/mol. The van der Waals surface area contributed by atoms with Crippen molar-refractivity contribution in [3.8, 4) is 20.9 Å². The Kier molecular flexibility index (Phi) is 5.58. The summed E-state index contributed by atoms with van der Waals surface area (Å²) in [7, 11) is 5.71. The summed E-state index contributed by atoms with van der Waals surface area (Å²) >= 11 is 9.68. The Morgan fingerprint density at radius 2 is 1.31 bits per heavy atom. The van der Waals surface area contributed by atoms with E-state index in [1.165, 1.54) is 22.7 Å². The van der Waals surface area contributed by atoms with Gasteiger partial charge in [-0.3, -0.25) is 0 Å². The largest absolute Gasteiger partial charge is 0.478 e. The predicted molar refractivity (Wildman–Crippen MR) is 115 cm³/mol. The molecule has 26 heavy (non-hydrogen) atoms. The lowest BCUT2D eigenvalue weighted by Crippen LogP contribution is -2.12. The number of carbonyl (C=O) groups excluding carboxylic acids is 1. The van der Waals surface area contributed by atoms with E-state index in [0.717, 1.165) is 17.3 Å². The van der Waals surface area contributed by atoms with Gasteiger partial charge in [-0.05, 0) is 81.1 Å². The van der Waals surface area contributed by atoms with Crippen LogP contribution in [0.25, 0.3) is 20.9 Å². The SMILES string of the molecule is [B]C(=O)c1c(C)c(-c2ccc(Br)s2)c(C(=O)O)c(C)c1-c1ccc(Br)s1. The zero-order valence-corrected chi connectivity index (χ0v) is 18.5. The van der Waals surface area contributed by atoms with Crippen molar-refractivity contribution in [3.63, 3.8) is 0 Å². The molecule has 0 unspecified atom stereocenters. The number of hydrogen-bond donors (Lipinski definition) is 1. The third-order valence-corrected chi connectivity index (χ3v) is 7.38. The molecule has 0 atom stereocenters. The molecule has 130 valence electrons. The van der Waals surface area contributed by atoms with Crippen LogP contribution in [-0.4, -0.2) is 24.6 Å². The summed E-state index contributed by atoms with van der Waals surface area (Å²) in [5.41, 5.74) is 2.23. The number of thiophene rings is 2. The molecule has 2 heterocycles. The summed E-state index contributed by atoms with van der Waals surface area (Å²) in [4.78, 5) is 26.0. The molecule has 1 aromatic carbocycles. The Morgan fingerprint density at radius 3 is 1.65 bits per heavy atom. The topological polar surface area (TPSA) is 54.4 Å². The molecule has 0 spiro atoms. The molecule has 3 aromatic rings. The molecule has 0 aliphatic carbocycles. The molecule has 0 fully saturated rings. The molecule has 1 N–H and O–H groups in total. The average Bonchev–Trinajstić information content (AvgIpc) is 3.16. The second-order valence-corrected chi connectivity index (χ2v) is 10.6. The summed E-state index contributed by atoms with van der Waals surface area (Å²) < 4.78 is 1.77. The van der Waals surface area contributed by atoms with Crippen LogP contribution in [0.4, 0.5) is 0 Å². The van der Waals surface area contributed by atoms with E-state index in [1.54, 1.807) is 13.8 Å². The number of carbonyl (C=O) groups is 2. The number of aromatic carboxylic acids is 1. The van der Waals surface area contributed by atoms with Crippen LogP contribution in [0.2, 0.25) is 0 Å². The smallest absolute Gasteiger partial charge is 0.336 e. The second-order valence-electron chi connectivity index (χ2n) is 5.63. The Bertz CT molecular complexity index is 969. The summed E-state index contributed by atoms with van der Waals surface area (Å²) in [6.45, 7) is 3.48. The number of benzene rings is 1. The highest BCUT2D eigenvalue weighted by atomic mass is 79.9. The van der Waals surface area contributed by atoms with E-state index < -0.39 is 11.7 Å². The van der Waals surface area contributed by atoms with Crippen molar-refractivity contribution in [1.82, 2.24) is 0 Å². The first-order chi connectivity index (χ1) is 12.2. The molecule has 2 aromatic heterocycles. The molecular weight excluding hydrogens is 499 g/mol. The molecule has 3 nitrogen and oxygen atoms in total. The standard InChI is InChI=1S/C18H11BBr2O3S2/c1-7-14(10-4-6-12(21)26-10)16(18(23)24)8(2)13(15(7)17(19)22)9-3-5-11(20)25-9/h3-6H,1-2H3,(H,23,24). The number of carboxylic acid groups (broad SMARTS) is 1. The van der Waals surface area contributed by atoms with Gasteiger partial charge in [0.05, 0.1) is 13.1 Å². The fourth-order valence-corrected chi connectivity index (χ4v) is 6.08. The van der Waals surface area contributed by atoms with Crippen LogP contribution in [0.3, 0.4) is 0 Å². The lowest BCUT2D eigenvalue weighted by Gasteiger charge is -2.20. The van der Waals surface area contributed by atoms with Crippen LogP contribution in [0.1, 0.15) is 31.8 Å². The second kappa shape index (κ2) is 7.42. The van der Waals surface area contributed by atoms with Gasteiger partial charge < -0.3 is 9.90 Å². The zero-order chi connectivity index (χ0) is 19.2. The van der Waals surface area contributed by atoms with E-state index in [-0.39, 0.29) is 5.56 Å². The first kappa shape index (κ1) is 19.5. The van der Waals surface area contributed by atoms with Crippen LogP contribution in [-0.2, 0) is 0 Å². The molecule has 0 saturated heterocycles. The van der Waals surface area contributed by atoms with E-state index in [9.17, 15) is 14.7 Å². The van der Waals surface area contributed by atoms with Crippen molar-refractivity contribution in [3.05, 3.63) is 54.1 Å². The van der Waals surface area contributed by atoms with Gasteiger partial charge in [0.1, 0.15) is 5.68 Å². The van der Waals surface area contributed by atoms with Crippen molar-refractivity contribution < 1.29 is 14.7 Å². The Morgan fingerprint density at radius 1 is 0.885 bits per heavy atom. The number of rotatable bonds is 4. The van der Waals surface area contributed by atoms with E-state index >= 15 is 0 Å². The van der Waals surface area contributed by atoms with Crippen LogP contribution < -0.4 is 0 Å². The maximum Gasteiger partial charge on any atom is 0.336 e. The van der Waals surface area contributed by atoms with Gasteiger partial charge in [-0.25, -0.2) is 4.79 Å². The molecule has 8 heteroatoms. The molecule has 0 aliphatic heterocycles. The van der Waals surface area contributed by atoms with Crippen LogP contribution >= 0.6 is 54.5 Å². The fraction of sp³-hybridized carbons (Fsp3) is 0.111. The zero-order valence-electron chi connectivity index (χ0n) is 13.7. The normalized spacial score (nSPS) is 10.9. The van der Waals surface area contributed by atoms with Crippen LogP contribution in [0, 0.1) is 13.8 Å². The minimum Gasteiger partial charge on any atom is -0.478 e. The van der Waals surface area contributed by atoms with Crippen LogP contribution in [0.15, 0.2) is 31.8 Å². The third-order valence-electron chi connectivity index (χ3n) is 4.10. The van der Waals surface area contributed by atoms with Gasteiger partial charge in [0.15, 0.2) is 7.85 Å². The van der Waals surface area contributed by atoms with Crippen molar-refractivity contribution >= 4 is 74.0 Å².